The van der Waals surface area contributed by atoms with Crippen LogP contribution in [-0.4, -0.2) is 24.4 Å². The van der Waals surface area contributed by atoms with Gasteiger partial charge in [0, 0.05) is 19.6 Å². The average Bonchev–Trinajstić information content (AvgIpc) is 2.56. The summed E-state index contributed by atoms with van der Waals surface area (Å²) in [6.45, 7) is 2.83. The molecule has 0 bridgehead atoms. The predicted molar refractivity (Wildman–Crippen MR) is 95.8 cm³/mol. The van der Waals surface area contributed by atoms with Crippen LogP contribution in [0.15, 0.2) is 48.5 Å². The lowest BCUT2D eigenvalue weighted by atomic mass is 10.1. The molecule has 5 heteroatoms. The number of benzene rings is 2. The summed E-state index contributed by atoms with van der Waals surface area (Å²) in [6, 6.07) is 15.6. The normalized spacial score (nSPS) is 12.0. The highest BCUT2D eigenvalue weighted by atomic mass is 35.5. The molecule has 1 atom stereocenters. The van der Waals surface area contributed by atoms with E-state index in [0.29, 0.717) is 16.6 Å². The van der Waals surface area contributed by atoms with Crippen molar-refractivity contribution in [3.8, 4) is 0 Å². The average molecular weight is 351 g/mol. The Morgan fingerprint density at radius 3 is 2.48 bits per heavy atom. The van der Waals surface area contributed by atoms with Gasteiger partial charge in [0.05, 0.1) is 16.6 Å². The van der Waals surface area contributed by atoms with Crippen LogP contribution in [0, 0.1) is 0 Å². The van der Waals surface area contributed by atoms with Gasteiger partial charge in [-0.1, -0.05) is 59.6 Å². The number of carbonyl (C=O) groups is 1. The fourth-order valence-corrected chi connectivity index (χ4v) is 2.56. The summed E-state index contributed by atoms with van der Waals surface area (Å²) in [5, 5.41) is 4.26. The van der Waals surface area contributed by atoms with Crippen LogP contribution in [0.1, 0.15) is 24.1 Å². The molecule has 23 heavy (non-hydrogen) atoms. The van der Waals surface area contributed by atoms with Gasteiger partial charge >= 0.3 is 0 Å². The monoisotopic (exact) mass is 350 g/mol. The summed E-state index contributed by atoms with van der Waals surface area (Å²) in [7, 11) is 1.78. The van der Waals surface area contributed by atoms with Crippen LogP contribution in [0.5, 0.6) is 0 Å². The third-order valence-electron chi connectivity index (χ3n) is 3.69. The van der Waals surface area contributed by atoms with Gasteiger partial charge in [-0.2, -0.15) is 0 Å². The number of nitrogens with zero attached hydrogens (tertiary/aromatic N) is 1. The van der Waals surface area contributed by atoms with Crippen molar-refractivity contribution >= 4 is 29.1 Å². The quantitative estimate of drug-likeness (QED) is 0.842. The van der Waals surface area contributed by atoms with Crippen LogP contribution in [0.3, 0.4) is 0 Å². The Balaban J connectivity index is 1.86. The lowest BCUT2D eigenvalue weighted by Crippen LogP contribution is -2.36. The van der Waals surface area contributed by atoms with E-state index in [4.69, 9.17) is 23.2 Å². The van der Waals surface area contributed by atoms with E-state index in [1.165, 1.54) is 0 Å². The molecule has 3 nitrogen and oxygen atoms in total. The molecule has 1 N–H and O–H groups in total. The number of amides is 1. The summed E-state index contributed by atoms with van der Waals surface area (Å²) in [5.41, 5.74) is 2.11. The first kappa shape index (κ1) is 17.8. The van der Waals surface area contributed by atoms with Gasteiger partial charge in [-0.05, 0) is 30.2 Å². The maximum Gasteiger partial charge on any atom is 0.236 e. The van der Waals surface area contributed by atoms with E-state index in [-0.39, 0.29) is 18.5 Å². The molecular formula is C18H20Cl2N2O. The van der Waals surface area contributed by atoms with Crippen molar-refractivity contribution in [1.29, 1.82) is 0 Å². The zero-order valence-corrected chi connectivity index (χ0v) is 14.7. The topological polar surface area (TPSA) is 32.3 Å². The van der Waals surface area contributed by atoms with Crippen molar-refractivity contribution in [3.63, 3.8) is 0 Å². The van der Waals surface area contributed by atoms with E-state index in [1.807, 2.05) is 43.3 Å². The van der Waals surface area contributed by atoms with Gasteiger partial charge in [0.15, 0.2) is 0 Å². The molecule has 2 aromatic carbocycles. The Hall–Kier alpha value is -1.55. The minimum Gasteiger partial charge on any atom is -0.340 e. The van der Waals surface area contributed by atoms with E-state index in [2.05, 4.69) is 5.32 Å². The molecule has 2 aromatic rings. The van der Waals surface area contributed by atoms with Gasteiger partial charge in [-0.25, -0.2) is 0 Å². The number of likely N-dealkylation sites (N-methyl/N-ethyl adjacent to an activating group) is 1. The second kappa shape index (κ2) is 8.34. The van der Waals surface area contributed by atoms with Gasteiger partial charge in [0.1, 0.15) is 0 Å². The van der Waals surface area contributed by atoms with Gasteiger partial charge in [-0.3, -0.25) is 4.79 Å². The highest BCUT2D eigenvalue weighted by Crippen LogP contribution is 2.23. The SMILES string of the molecule is CC(NCC(=O)N(C)Cc1ccc(Cl)c(Cl)c1)c1ccccc1. The number of rotatable bonds is 6. The van der Waals surface area contributed by atoms with Gasteiger partial charge < -0.3 is 10.2 Å². The molecule has 0 fully saturated rings. The Morgan fingerprint density at radius 2 is 1.83 bits per heavy atom. The number of carbonyl (C=O) groups excluding carboxylic acids is 1. The maximum atomic E-state index is 12.2. The fraction of sp³-hybridized carbons (Fsp3) is 0.278. The molecule has 0 saturated heterocycles. The summed E-state index contributed by atoms with van der Waals surface area (Å²) in [4.78, 5) is 13.9. The maximum absolute atomic E-state index is 12.2. The number of nitrogens with one attached hydrogen (secondary N) is 1. The zero-order valence-electron chi connectivity index (χ0n) is 13.2. The molecule has 0 spiro atoms. The first-order chi connectivity index (χ1) is 11.0. The van der Waals surface area contributed by atoms with Gasteiger partial charge in [0.2, 0.25) is 5.91 Å². The first-order valence-corrected chi connectivity index (χ1v) is 8.19. The van der Waals surface area contributed by atoms with Crippen molar-refractivity contribution in [1.82, 2.24) is 10.2 Å². The molecule has 0 aliphatic carbocycles. The third-order valence-corrected chi connectivity index (χ3v) is 4.43. The standard InChI is InChI=1S/C18H20Cl2N2O/c1-13(15-6-4-3-5-7-15)21-11-18(23)22(2)12-14-8-9-16(19)17(20)10-14/h3-10,13,21H,11-12H2,1-2H3. The van der Waals surface area contributed by atoms with E-state index in [9.17, 15) is 4.79 Å². The van der Waals surface area contributed by atoms with E-state index in [1.54, 1.807) is 24.1 Å². The van der Waals surface area contributed by atoms with Crippen LogP contribution in [0.2, 0.25) is 10.0 Å². The van der Waals surface area contributed by atoms with Crippen LogP contribution in [0.4, 0.5) is 0 Å². The van der Waals surface area contributed by atoms with Crippen LogP contribution in [0.25, 0.3) is 0 Å². The molecular weight excluding hydrogens is 331 g/mol. The highest BCUT2D eigenvalue weighted by Gasteiger charge is 2.12. The summed E-state index contributed by atoms with van der Waals surface area (Å²) in [6.07, 6.45) is 0. The van der Waals surface area contributed by atoms with E-state index >= 15 is 0 Å². The second-order valence-electron chi connectivity index (χ2n) is 5.51. The lowest BCUT2D eigenvalue weighted by Gasteiger charge is -2.20. The molecule has 0 saturated carbocycles. The van der Waals surface area contributed by atoms with Gasteiger partial charge in [0.25, 0.3) is 0 Å². The molecule has 1 amide bonds. The third kappa shape index (κ3) is 5.24. The lowest BCUT2D eigenvalue weighted by molar-refractivity contribution is -0.129. The smallest absolute Gasteiger partial charge is 0.236 e. The van der Waals surface area contributed by atoms with Crippen molar-refractivity contribution in [2.24, 2.45) is 0 Å². The zero-order chi connectivity index (χ0) is 16.8. The second-order valence-corrected chi connectivity index (χ2v) is 6.33. The van der Waals surface area contributed by atoms with Crippen molar-refractivity contribution < 1.29 is 4.79 Å². The minimum atomic E-state index is 0.0267. The van der Waals surface area contributed by atoms with Crippen molar-refractivity contribution in [3.05, 3.63) is 69.7 Å². The van der Waals surface area contributed by atoms with Crippen LogP contribution >= 0.6 is 23.2 Å². The van der Waals surface area contributed by atoms with E-state index in [0.717, 1.165) is 11.1 Å². The summed E-state index contributed by atoms with van der Waals surface area (Å²) >= 11 is 11.9. The number of halogens is 2. The fourth-order valence-electron chi connectivity index (χ4n) is 2.23. The molecule has 0 aliphatic rings. The molecule has 1 unspecified atom stereocenters. The summed E-state index contributed by atoms with van der Waals surface area (Å²) in [5.74, 6) is 0.0267. The van der Waals surface area contributed by atoms with Crippen molar-refractivity contribution in [2.75, 3.05) is 13.6 Å². The number of hydrogen-bond acceptors (Lipinski definition) is 2. The number of hydrogen-bond donors (Lipinski definition) is 1. The highest BCUT2D eigenvalue weighted by molar-refractivity contribution is 6.42. The molecule has 0 radical (unpaired) electrons. The molecule has 0 aromatic heterocycles. The largest absolute Gasteiger partial charge is 0.340 e. The van der Waals surface area contributed by atoms with Crippen LogP contribution < -0.4 is 5.32 Å². The Morgan fingerprint density at radius 1 is 1.13 bits per heavy atom. The minimum absolute atomic E-state index is 0.0267. The van der Waals surface area contributed by atoms with E-state index < -0.39 is 0 Å². The van der Waals surface area contributed by atoms with Crippen molar-refractivity contribution in [2.45, 2.75) is 19.5 Å². The predicted octanol–water partition coefficient (Wildman–Crippen LogP) is 4.30. The Labute approximate surface area is 147 Å². The Bertz CT molecular complexity index is 661. The first-order valence-electron chi connectivity index (χ1n) is 7.43. The summed E-state index contributed by atoms with van der Waals surface area (Å²) < 4.78 is 0. The molecule has 0 heterocycles. The molecule has 2 rings (SSSR count). The van der Waals surface area contributed by atoms with Crippen LogP contribution in [-0.2, 0) is 11.3 Å². The van der Waals surface area contributed by atoms with Gasteiger partial charge in [-0.15, -0.1) is 0 Å². The molecule has 0 aliphatic heterocycles. The molecule has 122 valence electrons. The Kier molecular flexibility index (Phi) is 6.46.